The molecule has 1 N–H and O–H groups in total. The number of ether oxygens (including phenoxy) is 1. The number of rotatable bonds is 8. The lowest BCUT2D eigenvalue weighted by molar-refractivity contribution is -0.119. The molecule has 122 valence electrons. The smallest absolute Gasteiger partial charge is 0.230 e. The Kier molecular flexibility index (Phi) is 7.10. The van der Waals surface area contributed by atoms with Crippen molar-refractivity contribution in [2.45, 2.75) is 11.9 Å². The zero-order valence-corrected chi connectivity index (χ0v) is 13.8. The maximum absolute atomic E-state index is 13.2. The maximum Gasteiger partial charge on any atom is 0.230 e. The van der Waals surface area contributed by atoms with Crippen LogP contribution < -0.4 is 5.32 Å². The van der Waals surface area contributed by atoms with Crippen LogP contribution in [0.3, 0.4) is 0 Å². The lowest BCUT2D eigenvalue weighted by Gasteiger charge is -2.16. The van der Waals surface area contributed by atoms with Gasteiger partial charge < -0.3 is 10.1 Å². The summed E-state index contributed by atoms with van der Waals surface area (Å²) in [6.07, 6.45) is -0.353. The first kappa shape index (κ1) is 17.5. The first-order valence-corrected chi connectivity index (χ1v) is 8.51. The van der Waals surface area contributed by atoms with Crippen LogP contribution in [0.4, 0.5) is 4.39 Å². The third-order valence-corrected chi connectivity index (χ3v) is 4.34. The number of halogens is 1. The zero-order valence-electron chi connectivity index (χ0n) is 13.0. The Hall–Kier alpha value is -1.85. The van der Waals surface area contributed by atoms with Crippen molar-refractivity contribution in [3.63, 3.8) is 0 Å². The van der Waals surface area contributed by atoms with E-state index in [-0.39, 0.29) is 17.8 Å². The van der Waals surface area contributed by atoms with Gasteiger partial charge in [0, 0.05) is 19.4 Å². The number of carbonyl (C=O) groups excluding carboxylic acids is 1. The Morgan fingerprint density at radius 1 is 1.22 bits per heavy atom. The lowest BCUT2D eigenvalue weighted by Crippen LogP contribution is -2.30. The van der Waals surface area contributed by atoms with Crippen molar-refractivity contribution in [1.82, 2.24) is 5.32 Å². The van der Waals surface area contributed by atoms with Gasteiger partial charge in [0.1, 0.15) is 5.82 Å². The molecule has 2 rings (SSSR count). The van der Waals surface area contributed by atoms with Crippen molar-refractivity contribution >= 4 is 17.7 Å². The average Bonchev–Trinajstić information content (AvgIpc) is 2.56. The van der Waals surface area contributed by atoms with Gasteiger partial charge in [-0.05, 0) is 23.3 Å². The number of hydrogen-bond donors (Lipinski definition) is 1. The van der Waals surface area contributed by atoms with Gasteiger partial charge in [0.15, 0.2) is 0 Å². The molecule has 3 nitrogen and oxygen atoms in total. The number of benzene rings is 2. The topological polar surface area (TPSA) is 38.3 Å². The molecule has 0 spiro atoms. The minimum atomic E-state index is -0.353. The van der Waals surface area contributed by atoms with Crippen molar-refractivity contribution in [3.05, 3.63) is 71.5 Å². The molecule has 0 aliphatic carbocycles. The van der Waals surface area contributed by atoms with Gasteiger partial charge in [0.25, 0.3) is 0 Å². The van der Waals surface area contributed by atoms with Crippen LogP contribution in [0.15, 0.2) is 54.6 Å². The van der Waals surface area contributed by atoms with Gasteiger partial charge in [-0.15, -0.1) is 11.8 Å². The van der Waals surface area contributed by atoms with Crippen LogP contribution in [0.2, 0.25) is 0 Å². The molecule has 0 unspecified atom stereocenters. The highest BCUT2D eigenvalue weighted by molar-refractivity contribution is 7.99. The monoisotopic (exact) mass is 333 g/mol. The summed E-state index contributed by atoms with van der Waals surface area (Å²) < 4.78 is 18.6. The summed E-state index contributed by atoms with van der Waals surface area (Å²) in [5.74, 6) is 0.819. The van der Waals surface area contributed by atoms with Crippen LogP contribution in [0.1, 0.15) is 17.2 Å². The summed E-state index contributed by atoms with van der Waals surface area (Å²) in [6.45, 7) is 0.324. The quantitative estimate of drug-likeness (QED) is 0.803. The fraction of sp³-hybridized carbons (Fsp3) is 0.278. The number of carbonyl (C=O) groups is 1. The van der Waals surface area contributed by atoms with E-state index in [2.05, 4.69) is 5.32 Å². The van der Waals surface area contributed by atoms with Crippen molar-refractivity contribution in [1.29, 1.82) is 0 Å². The third-order valence-electron chi connectivity index (χ3n) is 3.33. The molecule has 0 saturated carbocycles. The molecule has 1 atom stereocenters. The molecular weight excluding hydrogens is 313 g/mol. The van der Waals surface area contributed by atoms with E-state index in [4.69, 9.17) is 4.74 Å². The Balaban J connectivity index is 1.74. The molecule has 0 aliphatic heterocycles. The number of hydrogen-bond acceptors (Lipinski definition) is 3. The van der Waals surface area contributed by atoms with Gasteiger partial charge in [-0.1, -0.05) is 42.5 Å². The van der Waals surface area contributed by atoms with E-state index in [0.717, 1.165) is 5.75 Å². The lowest BCUT2D eigenvalue weighted by atomic mass is 10.1. The van der Waals surface area contributed by atoms with E-state index in [0.29, 0.717) is 17.9 Å². The summed E-state index contributed by atoms with van der Waals surface area (Å²) in [5, 5.41) is 2.83. The minimum absolute atomic E-state index is 0.0515. The molecule has 0 bridgehead atoms. The standard InChI is InChI=1S/C18H20FNO2S/c1-22-17(15-8-5-9-16(19)10-15)11-20-18(21)13-23-12-14-6-3-2-4-7-14/h2-10,17H,11-13H2,1H3,(H,20,21)/t17-/m1/s1. The largest absolute Gasteiger partial charge is 0.375 e. The second kappa shape index (κ2) is 9.33. The van der Waals surface area contributed by atoms with Crippen LogP contribution in [0, 0.1) is 5.82 Å². The fourth-order valence-electron chi connectivity index (χ4n) is 2.14. The molecule has 1 amide bonds. The molecule has 0 aliphatic rings. The van der Waals surface area contributed by atoms with Crippen LogP contribution >= 0.6 is 11.8 Å². The van der Waals surface area contributed by atoms with Crippen molar-refractivity contribution in [3.8, 4) is 0 Å². The highest BCUT2D eigenvalue weighted by atomic mass is 32.2. The SMILES string of the molecule is CO[C@H](CNC(=O)CSCc1ccccc1)c1cccc(F)c1. The second-order valence-corrected chi connectivity index (χ2v) is 6.05. The van der Waals surface area contributed by atoms with Gasteiger partial charge >= 0.3 is 0 Å². The van der Waals surface area contributed by atoms with E-state index in [1.54, 1.807) is 31.0 Å². The van der Waals surface area contributed by atoms with Crippen molar-refractivity contribution < 1.29 is 13.9 Å². The maximum atomic E-state index is 13.2. The summed E-state index contributed by atoms with van der Waals surface area (Å²) in [6, 6.07) is 16.2. The molecule has 0 saturated heterocycles. The fourth-order valence-corrected chi connectivity index (χ4v) is 2.96. The third kappa shape index (κ3) is 6.04. The molecule has 23 heavy (non-hydrogen) atoms. The first-order chi connectivity index (χ1) is 11.2. The molecule has 2 aromatic rings. The Bertz CT molecular complexity index is 621. The first-order valence-electron chi connectivity index (χ1n) is 7.35. The van der Waals surface area contributed by atoms with E-state index < -0.39 is 0 Å². The van der Waals surface area contributed by atoms with Crippen molar-refractivity contribution in [2.75, 3.05) is 19.4 Å². The summed E-state index contributed by atoms with van der Waals surface area (Å²) in [4.78, 5) is 11.9. The summed E-state index contributed by atoms with van der Waals surface area (Å²) >= 11 is 1.56. The van der Waals surface area contributed by atoms with Gasteiger partial charge in [-0.25, -0.2) is 4.39 Å². The number of thioether (sulfide) groups is 1. The number of nitrogens with one attached hydrogen (secondary N) is 1. The van der Waals surface area contributed by atoms with E-state index >= 15 is 0 Å². The van der Waals surface area contributed by atoms with Crippen molar-refractivity contribution in [2.24, 2.45) is 0 Å². The summed E-state index contributed by atoms with van der Waals surface area (Å²) in [5.41, 5.74) is 1.91. The van der Waals surface area contributed by atoms with Crippen LogP contribution in [-0.2, 0) is 15.3 Å². The molecule has 0 radical (unpaired) electrons. The number of methoxy groups -OCH3 is 1. The highest BCUT2D eigenvalue weighted by Crippen LogP contribution is 2.17. The van der Waals surface area contributed by atoms with Gasteiger partial charge in [-0.2, -0.15) is 0 Å². The Morgan fingerprint density at radius 3 is 2.70 bits per heavy atom. The predicted octanol–water partition coefficient (Wildman–Crippen LogP) is 3.56. The average molecular weight is 333 g/mol. The van der Waals surface area contributed by atoms with E-state index in [1.165, 1.54) is 17.7 Å². The van der Waals surface area contributed by atoms with Crippen LogP contribution in [0.5, 0.6) is 0 Å². The van der Waals surface area contributed by atoms with E-state index in [9.17, 15) is 9.18 Å². The molecular formula is C18H20FNO2S. The van der Waals surface area contributed by atoms with Gasteiger partial charge in [0.05, 0.1) is 11.9 Å². The van der Waals surface area contributed by atoms with E-state index in [1.807, 2.05) is 30.3 Å². The number of amides is 1. The Labute approximate surface area is 140 Å². The van der Waals surface area contributed by atoms with Crippen LogP contribution in [-0.4, -0.2) is 25.3 Å². The van der Waals surface area contributed by atoms with Gasteiger partial charge in [0.2, 0.25) is 5.91 Å². The van der Waals surface area contributed by atoms with Gasteiger partial charge in [-0.3, -0.25) is 4.79 Å². The summed E-state index contributed by atoms with van der Waals surface area (Å²) in [7, 11) is 1.55. The normalized spacial score (nSPS) is 11.9. The molecule has 2 aromatic carbocycles. The molecule has 0 fully saturated rings. The predicted molar refractivity (Wildman–Crippen MR) is 91.8 cm³/mol. The molecule has 0 aromatic heterocycles. The minimum Gasteiger partial charge on any atom is -0.375 e. The van der Waals surface area contributed by atoms with Crippen LogP contribution in [0.25, 0.3) is 0 Å². The molecule has 0 heterocycles. The second-order valence-electron chi connectivity index (χ2n) is 5.06. The highest BCUT2D eigenvalue weighted by Gasteiger charge is 2.12. The zero-order chi connectivity index (χ0) is 16.5. The Morgan fingerprint density at radius 2 is 2.00 bits per heavy atom. The molecule has 5 heteroatoms.